The van der Waals surface area contributed by atoms with E-state index in [9.17, 15) is 13.6 Å². The number of nitrogens with one attached hydrogen (secondary N) is 1. The zero-order valence-electron chi connectivity index (χ0n) is 14.5. The predicted octanol–water partition coefficient (Wildman–Crippen LogP) is 3.40. The molecule has 2 heterocycles. The molecule has 5 nitrogen and oxygen atoms in total. The average molecular weight is 360 g/mol. The summed E-state index contributed by atoms with van der Waals surface area (Å²) >= 11 is 0. The molecule has 26 heavy (non-hydrogen) atoms. The first kappa shape index (κ1) is 16.9. The van der Waals surface area contributed by atoms with Gasteiger partial charge in [-0.05, 0) is 30.0 Å². The molecule has 0 saturated heterocycles. The van der Waals surface area contributed by atoms with Crippen molar-refractivity contribution >= 4 is 11.5 Å². The molecule has 0 aliphatic heterocycles. The number of alkyl halides is 2. The van der Waals surface area contributed by atoms with Gasteiger partial charge in [-0.2, -0.15) is 0 Å². The number of hydrogen-bond acceptors (Lipinski definition) is 4. The first-order chi connectivity index (χ1) is 12.4. The van der Waals surface area contributed by atoms with Gasteiger partial charge in [0, 0.05) is 57.8 Å². The van der Waals surface area contributed by atoms with Crippen LogP contribution >= 0.6 is 0 Å². The maximum atomic E-state index is 13.3. The summed E-state index contributed by atoms with van der Waals surface area (Å²) in [6.07, 6.45) is 7.01. The highest BCUT2D eigenvalue weighted by molar-refractivity contribution is 5.83. The maximum Gasteiger partial charge on any atom is 0.250 e. The SMILES string of the molecule is Cn1cc(C2=CCc3nc(NC4CCC(F)(F)CC4)ncc32)ccc1=O.[HH]. The molecule has 0 bridgehead atoms. The molecule has 2 aliphatic carbocycles. The predicted molar refractivity (Wildman–Crippen MR) is 97.4 cm³/mol. The molecule has 7 heteroatoms. The summed E-state index contributed by atoms with van der Waals surface area (Å²) < 4.78 is 28.1. The number of pyridine rings is 1. The Hall–Kier alpha value is -2.57. The van der Waals surface area contributed by atoms with Gasteiger partial charge in [0.2, 0.25) is 17.4 Å². The lowest BCUT2D eigenvalue weighted by Gasteiger charge is -2.28. The molecular weight excluding hydrogens is 338 g/mol. The van der Waals surface area contributed by atoms with E-state index in [0.717, 1.165) is 22.4 Å². The van der Waals surface area contributed by atoms with E-state index in [1.165, 1.54) is 0 Å². The largest absolute Gasteiger partial charge is 0.351 e. The van der Waals surface area contributed by atoms with Crippen molar-refractivity contribution in [1.29, 1.82) is 0 Å². The Balaban J connectivity index is 0.00000210. The number of aryl methyl sites for hydroxylation is 1. The van der Waals surface area contributed by atoms with Crippen molar-refractivity contribution in [2.75, 3.05) is 5.32 Å². The third-order valence-electron chi connectivity index (χ3n) is 5.10. The zero-order chi connectivity index (χ0) is 18.3. The molecule has 2 aromatic heterocycles. The zero-order valence-corrected chi connectivity index (χ0v) is 14.5. The molecule has 4 rings (SSSR count). The Morgan fingerprint density at radius 3 is 2.81 bits per heavy atom. The summed E-state index contributed by atoms with van der Waals surface area (Å²) in [5.41, 5.74) is 3.77. The van der Waals surface area contributed by atoms with Gasteiger partial charge in [-0.3, -0.25) is 4.79 Å². The molecule has 0 spiro atoms. The average Bonchev–Trinajstić information content (AvgIpc) is 3.02. The van der Waals surface area contributed by atoms with Crippen LogP contribution in [-0.4, -0.2) is 26.5 Å². The van der Waals surface area contributed by atoms with Gasteiger partial charge in [0.1, 0.15) is 0 Å². The van der Waals surface area contributed by atoms with E-state index >= 15 is 0 Å². The quantitative estimate of drug-likeness (QED) is 0.911. The summed E-state index contributed by atoms with van der Waals surface area (Å²) in [5.74, 6) is -2.04. The number of allylic oxidation sites excluding steroid dienone is 1. The second-order valence-corrected chi connectivity index (χ2v) is 7.02. The molecule has 0 radical (unpaired) electrons. The highest BCUT2D eigenvalue weighted by Gasteiger charge is 2.35. The van der Waals surface area contributed by atoms with Crippen LogP contribution in [0.15, 0.2) is 35.4 Å². The fourth-order valence-corrected chi connectivity index (χ4v) is 3.57. The molecule has 0 aromatic carbocycles. The van der Waals surface area contributed by atoms with Crippen LogP contribution in [0.4, 0.5) is 14.7 Å². The Bertz CT molecular complexity index is 932. The molecule has 2 aromatic rings. The smallest absolute Gasteiger partial charge is 0.250 e. The second-order valence-electron chi connectivity index (χ2n) is 7.02. The van der Waals surface area contributed by atoms with Crippen molar-refractivity contribution in [3.63, 3.8) is 0 Å². The minimum absolute atomic E-state index is 0. The minimum atomic E-state index is -2.54. The van der Waals surface area contributed by atoms with E-state index in [4.69, 9.17) is 0 Å². The molecule has 1 N–H and O–H groups in total. The summed E-state index contributed by atoms with van der Waals surface area (Å²) in [6.45, 7) is 0. The third-order valence-corrected chi connectivity index (χ3v) is 5.10. The van der Waals surface area contributed by atoms with Crippen LogP contribution in [0.1, 0.15) is 43.9 Å². The highest BCUT2D eigenvalue weighted by Crippen LogP contribution is 2.35. The Kier molecular flexibility index (Phi) is 4.09. The van der Waals surface area contributed by atoms with Gasteiger partial charge in [-0.25, -0.2) is 18.7 Å². The van der Waals surface area contributed by atoms with Gasteiger partial charge in [0.15, 0.2) is 0 Å². The van der Waals surface area contributed by atoms with Crippen LogP contribution in [0, 0.1) is 0 Å². The van der Waals surface area contributed by atoms with Gasteiger partial charge in [-0.1, -0.05) is 6.08 Å². The molecule has 2 aliphatic rings. The lowest BCUT2D eigenvalue weighted by atomic mass is 9.92. The lowest BCUT2D eigenvalue weighted by molar-refractivity contribution is -0.0361. The molecule has 138 valence electrons. The van der Waals surface area contributed by atoms with E-state index in [0.29, 0.717) is 25.2 Å². The number of fused-ring (bicyclic) bond motifs is 1. The minimum Gasteiger partial charge on any atom is -0.351 e. The maximum absolute atomic E-state index is 13.3. The number of halogens is 2. The Morgan fingerprint density at radius 1 is 1.31 bits per heavy atom. The normalized spacial score (nSPS) is 19.1. The highest BCUT2D eigenvalue weighted by atomic mass is 19.3. The van der Waals surface area contributed by atoms with E-state index < -0.39 is 5.92 Å². The van der Waals surface area contributed by atoms with Crippen LogP contribution in [0.3, 0.4) is 0 Å². The summed E-state index contributed by atoms with van der Waals surface area (Å²) in [5, 5.41) is 3.20. The molecule has 1 fully saturated rings. The first-order valence-electron chi connectivity index (χ1n) is 8.79. The fourth-order valence-electron chi connectivity index (χ4n) is 3.57. The monoisotopic (exact) mass is 360 g/mol. The Labute approximate surface area is 151 Å². The van der Waals surface area contributed by atoms with Crippen molar-refractivity contribution in [2.24, 2.45) is 7.05 Å². The standard InChI is InChI=1S/C19H20F2N4O.H2/c1-25-11-12(2-5-17(25)26)14-3-4-16-15(14)10-22-18(24-16)23-13-6-8-19(20,21)9-7-13;/h2-3,5,10-11,13H,4,6-9H2,1H3,(H,22,23,24);1H. The molecular formula is C19H22F2N4O. The van der Waals surface area contributed by atoms with Gasteiger partial charge in [0.05, 0.1) is 5.69 Å². The van der Waals surface area contributed by atoms with Gasteiger partial charge < -0.3 is 9.88 Å². The van der Waals surface area contributed by atoms with E-state index in [1.807, 2.05) is 0 Å². The number of hydrogen-bond donors (Lipinski definition) is 1. The van der Waals surface area contributed by atoms with E-state index in [1.54, 1.807) is 36.1 Å². The number of rotatable bonds is 3. The van der Waals surface area contributed by atoms with Crippen molar-refractivity contribution < 1.29 is 10.2 Å². The van der Waals surface area contributed by atoms with Crippen molar-refractivity contribution in [3.8, 4) is 0 Å². The summed E-state index contributed by atoms with van der Waals surface area (Å²) in [7, 11) is 1.72. The Morgan fingerprint density at radius 2 is 2.08 bits per heavy atom. The topological polar surface area (TPSA) is 59.8 Å². The van der Waals surface area contributed by atoms with Gasteiger partial charge in [-0.15, -0.1) is 0 Å². The van der Waals surface area contributed by atoms with Crippen LogP contribution in [0.2, 0.25) is 0 Å². The molecule has 0 atom stereocenters. The van der Waals surface area contributed by atoms with Gasteiger partial charge in [0.25, 0.3) is 0 Å². The lowest BCUT2D eigenvalue weighted by Crippen LogP contribution is -2.32. The van der Waals surface area contributed by atoms with Gasteiger partial charge >= 0.3 is 0 Å². The molecule has 0 amide bonds. The van der Waals surface area contributed by atoms with Crippen LogP contribution in [-0.2, 0) is 13.5 Å². The summed E-state index contributed by atoms with van der Waals surface area (Å²) in [4.78, 5) is 20.5. The third kappa shape index (κ3) is 3.25. The van der Waals surface area contributed by atoms with E-state index in [-0.39, 0.29) is 25.9 Å². The van der Waals surface area contributed by atoms with E-state index in [2.05, 4.69) is 21.4 Å². The molecule has 1 saturated carbocycles. The van der Waals surface area contributed by atoms with Crippen LogP contribution < -0.4 is 10.9 Å². The van der Waals surface area contributed by atoms with Crippen LogP contribution in [0.5, 0.6) is 0 Å². The second kappa shape index (κ2) is 6.30. The number of aromatic nitrogens is 3. The fraction of sp³-hybridized carbons (Fsp3) is 0.421. The number of anilines is 1. The van der Waals surface area contributed by atoms with Crippen molar-refractivity contribution in [1.82, 2.24) is 14.5 Å². The molecule has 0 unspecified atom stereocenters. The van der Waals surface area contributed by atoms with Crippen molar-refractivity contribution in [2.45, 2.75) is 44.1 Å². The summed E-state index contributed by atoms with van der Waals surface area (Å²) in [6, 6.07) is 3.34. The number of nitrogens with zero attached hydrogens (tertiary/aromatic N) is 3. The first-order valence-corrected chi connectivity index (χ1v) is 8.79. The van der Waals surface area contributed by atoms with Crippen molar-refractivity contribution in [3.05, 3.63) is 57.8 Å². The van der Waals surface area contributed by atoms with Crippen LogP contribution in [0.25, 0.3) is 5.57 Å².